The van der Waals surface area contributed by atoms with Crippen LogP contribution in [-0.4, -0.2) is 37.4 Å². The van der Waals surface area contributed by atoms with Crippen LogP contribution in [-0.2, 0) is 21.2 Å². The van der Waals surface area contributed by atoms with Crippen molar-refractivity contribution in [2.45, 2.75) is 37.0 Å². The van der Waals surface area contributed by atoms with Crippen molar-refractivity contribution >= 4 is 16.0 Å². The first-order valence-electron chi connectivity index (χ1n) is 7.16. The van der Waals surface area contributed by atoms with Crippen LogP contribution in [0.1, 0.15) is 31.2 Å². The van der Waals surface area contributed by atoms with Gasteiger partial charge in [-0.3, -0.25) is 4.79 Å². The maximum atomic E-state index is 12.5. The van der Waals surface area contributed by atoms with E-state index >= 15 is 0 Å². The van der Waals surface area contributed by atoms with Gasteiger partial charge in [0.05, 0.1) is 11.3 Å². The normalized spacial score (nSPS) is 16.5. The van der Waals surface area contributed by atoms with E-state index in [9.17, 15) is 13.2 Å². The Kier molecular flexibility index (Phi) is 5.00. The molecule has 0 atom stereocenters. The molecule has 0 aliphatic heterocycles. The van der Waals surface area contributed by atoms with E-state index in [0.717, 1.165) is 12.8 Å². The Morgan fingerprint density at radius 2 is 1.81 bits per heavy atom. The van der Waals surface area contributed by atoms with E-state index in [4.69, 9.17) is 5.11 Å². The van der Waals surface area contributed by atoms with E-state index in [1.165, 1.54) is 29.3 Å². The van der Waals surface area contributed by atoms with Gasteiger partial charge in [-0.15, -0.1) is 0 Å². The monoisotopic (exact) mass is 311 g/mol. The predicted octanol–water partition coefficient (Wildman–Crippen LogP) is 2.12. The number of carboxylic acid groups (broad SMARTS) is 1. The summed E-state index contributed by atoms with van der Waals surface area (Å²) < 4.78 is 26.3. The zero-order valence-corrected chi connectivity index (χ0v) is 13.0. The van der Waals surface area contributed by atoms with Gasteiger partial charge in [-0.2, -0.15) is 0 Å². The molecule has 0 amide bonds. The van der Waals surface area contributed by atoms with Crippen molar-refractivity contribution in [3.8, 4) is 0 Å². The zero-order chi connectivity index (χ0) is 15.5. The van der Waals surface area contributed by atoms with Crippen LogP contribution < -0.4 is 0 Å². The minimum Gasteiger partial charge on any atom is -0.481 e. The number of benzene rings is 1. The van der Waals surface area contributed by atoms with Crippen molar-refractivity contribution in [1.29, 1.82) is 0 Å². The summed E-state index contributed by atoms with van der Waals surface area (Å²) in [6.07, 6.45) is 4.46. The lowest BCUT2D eigenvalue weighted by Crippen LogP contribution is -2.31. The minimum absolute atomic E-state index is 0.0990. The molecular formula is C15H21NO4S. The number of sulfonamides is 1. The first-order valence-corrected chi connectivity index (χ1v) is 8.60. The molecule has 116 valence electrons. The van der Waals surface area contributed by atoms with Crippen LogP contribution in [0.2, 0.25) is 0 Å². The summed E-state index contributed by atoms with van der Waals surface area (Å²) in [5, 5.41) is 8.72. The lowest BCUT2D eigenvalue weighted by Gasteiger charge is -2.20. The van der Waals surface area contributed by atoms with Gasteiger partial charge in [0.1, 0.15) is 0 Å². The van der Waals surface area contributed by atoms with Gasteiger partial charge in [-0.05, 0) is 36.5 Å². The van der Waals surface area contributed by atoms with Crippen molar-refractivity contribution in [1.82, 2.24) is 4.31 Å². The van der Waals surface area contributed by atoms with E-state index < -0.39 is 16.0 Å². The molecule has 1 aliphatic carbocycles. The highest BCUT2D eigenvalue weighted by Crippen LogP contribution is 2.27. The summed E-state index contributed by atoms with van der Waals surface area (Å²) in [4.78, 5) is 10.8. The summed E-state index contributed by atoms with van der Waals surface area (Å²) in [6.45, 7) is 0.555. The van der Waals surface area contributed by atoms with Gasteiger partial charge in [0.25, 0.3) is 0 Å². The summed E-state index contributed by atoms with van der Waals surface area (Å²) in [5.41, 5.74) is 0.597. The van der Waals surface area contributed by atoms with Crippen molar-refractivity contribution < 1.29 is 18.3 Å². The molecule has 21 heavy (non-hydrogen) atoms. The largest absolute Gasteiger partial charge is 0.481 e. The molecule has 1 N–H and O–H groups in total. The van der Waals surface area contributed by atoms with Gasteiger partial charge in [-0.25, -0.2) is 12.7 Å². The maximum absolute atomic E-state index is 12.5. The molecule has 0 radical (unpaired) electrons. The number of aliphatic carboxylic acids is 1. The first kappa shape index (κ1) is 16.0. The average molecular weight is 311 g/mol. The Bertz CT molecular complexity index is 589. The fourth-order valence-electron chi connectivity index (χ4n) is 2.79. The number of hydrogen-bond acceptors (Lipinski definition) is 3. The van der Waals surface area contributed by atoms with Gasteiger partial charge in [0.15, 0.2) is 0 Å². The smallest absolute Gasteiger partial charge is 0.307 e. The number of hydrogen-bond donors (Lipinski definition) is 1. The molecule has 1 aromatic carbocycles. The van der Waals surface area contributed by atoms with Crippen LogP contribution in [0, 0.1) is 5.92 Å². The molecule has 1 aromatic rings. The van der Waals surface area contributed by atoms with Gasteiger partial charge in [0.2, 0.25) is 10.0 Å². The SMILES string of the molecule is CN(CC1CCCC1)S(=O)(=O)c1ccc(CC(=O)O)cc1. The second kappa shape index (κ2) is 6.58. The maximum Gasteiger partial charge on any atom is 0.307 e. The summed E-state index contributed by atoms with van der Waals surface area (Å²) >= 11 is 0. The standard InChI is InChI=1S/C15H21NO4S/c1-16(11-13-4-2-3-5-13)21(19,20)14-8-6-12(7-9-14)10-15(17)18/h6-9,13H,2-5,10-11H2,1H3,(H,17,18). The van der Waals surface area contributed by atoms with Gasteiger partial charge in [0, 0.05) is 13.6 Å². The molecule has 2 rings (SSSR count). The lowest BCUT2D eigenvalue weighted by atomic mass is 10.1. The topological polar surface area (TPSA) is 74.7 Å². The molecule has 0 heterocycles. The third kappa shape index (κ3) is 4.04. The molecule has 6 heteroatoms. The molecule has 0 spiro atoms. The predicted molar refractivity (Wildman–Crippen MR) is 79.6 cm³/mol. The van der Waals surface area contributed by atoms with E-state index in [0.29, 0.717) is 18.0 Å². The number of carbonyl (C=O) groups is 1. The lowest BCUT2D eigenvalue weighted by molar-refractivity contribution is -0.136. The van der Waals surface area contributed by atoms with Crippen LogP contribution in [0.25, 0.3) is 0 Å². The van der Waals surface area contributed by atoms with Crippen LogP contribution in [0.4, 0.5) is 0 Å². The minimum atomic E-state index is -3.49. The van der Waals surface area contributed by atoms with Gasteiger partial charge < -0.3 is 5.11 Å². The molecule has 0 bridgehead atoms. The summed E-state index contributed by atoms with van der Waals surface area (Å²) in [6, 6.07) is 6.09. The summed E-state index contributed by atoms with van der Waals surface area (Å²) in [7, 11) is -1.88. The second-order valence-electron chi connectivity index (χ2n) is 5.65. The third-order valence-corrected chi connectivity index (χ3v) is 5.81. The van der Waals surface area contributed by atoms with Crippen molar-refractivity contribution in [2.75, 3.05) is 13.6 Å². The van der Waals surface area contributed by atoms with Crippen LogP contribution in [0.3, 0.4) is 0 Å². The Labute approximate surface area is 125 Å². The van der Waals surface area contributed by atoms with E-state index in [-0.39, 0.29) is 11.3 Å². The van der Waals surface area contributed by atoms with Crippen molar-refractivity contribution in [3.63, 3.8) is 0 Å². The van der Waals surface area contributed by atoms with Gasteiger partial charge >= 0.3 is 5.97 Å². The molecular weight excluding hydrogens is 290 g/mol. The molecule has 1 aliphatic rings. The van der Waals surface area contributed by atoms with E-state index in [2.05, 4.69) is 0 Å². The number of nitrogens with zero attached hydrogens (tertiary/aromatic N) is 1. The average Bonchev–Trinajstić information content (AvgIpc) is 2.91. The van der Waals surface area contributed by atoms with Gasteiger partial charge in [-0.1, -0.05) is 25.0 Å². The molecule has 0 aromatic heterocycles. The Morgan fingerprint density at radius 3 is 2.33 bits per heavy atom. The van der Waals surface area contributed by atoms with E-state index in [1.807, 2.05) is 0 Å². The molecule has 0 saturated heterocycles. The van der Waals surface area contributed by atoms with Crippen LogP contribution in [0.5, 0.6) is 0 Å². The first-order chi connectivity index (χ1) is 9.89. The summed E-state index contributed by atoms with van der Waals surface area (Å²) in [5.74, 6) is -0.472. The van der Waals surface area contributed by atoms with Crippen molar-refractivity contribution in [2.24, 2.45) is 5.92 Å². The highest BCUT2D eigenvalue weighted by molar-refractivity contribution is 7.89. The quantitative estimate of drug-likeness (QED) is 0.873. The molecule has 1 saturated carbocycles. The van der Waals surface area contributed by atoms with E-state index in [1.54, 1.807) is 19.2 Å². The highest BCUT2D eigenvalue weighted by Gasteiger charge is 2.25. The Morgan fingerprint density at radius 1 is 1.24 bits per heavy atom. The van der Waals surface area contributed by atoms with Crippen LogP contribution >= 0.6 is 0 Å². The zero-order valence-electron chi connectivity index (χ0n) is 12.2. The van der Waals surface area contributed by atoms with Crippen molar-refractivity contribution in [3.05, 3.63) is 29.8 Å². The highest BCUT2D eigenvalue weighted by atomic mass is 32.2. The number of rotatable bonds is 6. The third-order valence-electron chi connectivity index (χ3n) is 3.98. The Balaban J connectivity index is 2.08. The molecule has 1 fully saturated rings. The number of carboxylic acids is 1. The molecule has 5 nitrogen and oxygen atoms in total. The van der Waals surface area contributed by atoms with Crippen LogP contribution in [0.15, 0.2) is 29.2 Å². The fourth-order valence-corrected chi connectivity index (χ4v) is 4.04. The fraction of sp³-hybridized carbons (Fsp3) is 0.533. The molecule has 0 unspecified atom stereocenters. The Hall–Kier alpha value is -1.40. The second-order valence-corrected chi connectivity index (χ2v) is 7.70.